The molecule has 0 N–H and O–H groups in total. The number of aromatic nitrogens is 1. The van der Waals surface area contributed by atoms with Crippen LogP contribution in [0.4, 0.5) is 0 Å². The van der Waals surface area contributed by atoms with E-state index < -0.39 is 0 Å². The molecular weight excluding hydrogens is 216 g/mol. The van der Waals surface area contributed by atoms with Crippen LogP contribution in [0.5, 0.6) is 0 Å². The molecule has 1 aliphatic heterocycles. The van der Waals surface area contributed by atoms with Gasteiger partial charge in [0.2, 0.25) is 0 Å². The maximum Gasteiger partial charge on any atom is 0.278 e. The monoisotopic (exact) mass is 228 g/mol. The van der Waals surface area contributed by atoms with Crippen molar-refractivity contribution in [1.29, 1.82) is 0 Å². The molecule has 1 aromatic heterocycles. The number of para-hydroxylation sites is 1. The molecule has 1 fully saturated rings. The van der Waals surface area contributed by atoms with Gasteiger partial charge in [0, 0.05) is 11.6 Å². The number of hydroxylamine groups is 2. The van der Waals surface area contributed by atoms with E-state index >= 15 is 0 Å². The zero-order chi connectivity index (χ0) is 11.7. The Morgan fingerprint density at radius 2 is 2.18 bits per heavy atom. The molecule has 4 heteroatoms. The number of pyridine rings is 1. The van der Waals surface area contributed by atoms with Crippen LogP contribution >= 0.6 is 0 Å². The molecule has 2 heterocycles. The number of fused-ring (bicyclic) bond motifs is 1. The van der Waals surface area contributed by atoms with Gasteiger partial charge in [-0.3, -0.25) is 14.6 Å². The van der Waals surface area contributed by atoms with Gasteiger partial charge in [-0.05, 0) is 18.6 Å². The first-order chi connectivity index (χ1) is 8.36. The second-order valence-corrected chi connectivity index (χ2v) is 3.97. The molecule has 86 valence electrons. The van der Waals surface area contributed by atoms with Gasteiger partial charge in [-0.2, -0.15) is 0 Å². The van der Waals surface area contributed by atoms with Gasteiger partial charge < -0.3 is 0 Å². The van der Waals surface area contributed by atoms with Crippen LogP contribution in [0.15, 0.2) is 36.5 Å². The maximum absolute atomic E-state index is 12.2. The Morgan fingerprint density at radius 1 is 1.29 bits per heavy atom. The minimum Gasteiger partial charge on any atom is -0.271 e. The lowest BCUT2D eigenvalue weighted by molar-refractivity contribution is -0.0767. The molecule has 17 heavy (non-hydrogen) atoms. The number of hydrogen-bond acceptors (Lipinski definition) is 3. The van der Waals surface area contributed by atoms with Gasteiger partial charge >= 0.3 is 0 Å². The fourth-order valence-electron chi connectivity index (χ4n) is 2.02. The summed E-state index contributed by atoms with van der Waals surface area (Å²) in [6.45, 7) is 1.28. The van der Waals surface area contributed by atoms with Gasteiger partial charge in [0.05, 0.1) is 24.2 Å². The lowest BCUT2D eigenvalue weighted by Crippen LogP contribution is -2.26. The Bertz CT molecular complexity index is 557. The van der Waals surface area contributed by atoms with Crippen molar-refractivity contribution in [3.8, 4) is 0 Å². The van der Waals surface area contributed by atoms with E-state index in [9.17, 15) is 4.79 Å². The summed E-state index contributed by atoms with van der Waals surface area (Å²) in [4.78, 5) is 21.8. The number of carbonyl (C=O) groups excluding carboxylic acids is 1. The van der Waals surface area contributed by atoms with E-state index in [0.29, 0.717) is 18.7 Å². The lowest BCUT2D eigenvalue weighted by Gasteiger charge is -2.14. The number of nitrogens with zero attached hydrogens (tertiary/aromatic N) is 2. The van der Waals surface area contributed by atoms with Gasteiger partial charge in [-0.25, -0.2) is 5.06 Å². The second-order valence-electron chi connectivity index (χ2n) is 3.97. The first kappa shape index (κ1) is 10.2. The predicted molar refractivity (Wildman–Crippen MR) is 63.3 cm³/mol. The molecule has 0 radical (unpaired) electrons. The Kier molecular flexibility index (Phi) is 2.49. The number of benzene rings is 1. The molecule has 1 saturated heterocycles. The molecule has 4 nitrogen and oxygen atoms in total. The molecule has 0 aliphatic carbocycles. The van der Waals surface area contributed by atoms with Crippen LogP contribution < -0.4 is 0 Å². The van der Waals surface area contributed by atoms with E-state index in [0.717, 1.165) is 17.3 Å². The van der Waals surface area contributed by atoms with Gasteiger partial charge in [0.15, 0.2) is 0 Å². The Hall–Kier alpha value is -1.94. The van der Waals surface area contributed by atoms with Gasteiger partial charge in [0.1, 0.15) is 0 Å². The minimum absolute atomic E-state index is 0.0823. The van der Waals surface area contributed by atoms with Crippen LogP contribution in [-0.2, 0) is 4.84 Å². The normalized spacial score (nSPS) is 15.4. The topological polar surface area (TPSA) is 42.4 Å². The maximum atomic E-state index is 12.2. The number of amides is 1. The zero-order valence-electron chi connectivity index (χ0n) is 9.30. The van der Waals surface area contributed by atoms with Crippen molar-refractivity contribution in [3.05, 3.63) is 42.1 Å². The van der Waals surface area contributed by atoms with Crippen LogP contribution in [0.25, 0.3) is 10.9 Å². The quantitative estimate of drug-likeness (QED) is 0.749. The smallest absolute Gasteiger partial charge is 0.271 e. The minimum atomic E-state index is -0.0823. The highest BCUT2D eigenvalue weighted by Crippen LogP contribution is 2.19. The van der Waals surface area contributed by atoms with E-state index in [-0.39, 0.29) is 5.91 Å². The van der Waals surface area contributed by atoms with Crippen LogP contribution in [0.1, 0.15) is 16.8 Å². The van der Waals surface area contributed by atoms with Crippen molar-refractivity contribution in [2.24, 2.45) is 0 Å². The highest BCUT2D eigenvalue weighted by atomic mass is 16.7. The molecule has 3 rings (SSSR count). The Labute approximate surface area is 98.8 Å². The molecule has 1 aliphatic rings. The van der Waals surface area contributed by atoms with Crippen LogP contribution in [0.3, 0.4) is 0 Å². The third kappa shape index (κ3) is 1.76. The van der Waals surface area contributed by atoms with Crippen molar-refractivity contribution in [1.82, 2.24) is 10.0 Å². The van der Waals surface area contributed by atoms with E-state index in [1.807, 2.05) is 24.3 Å². The third-order valence-corrected chi connectivity index (χ3v) is 2.86. The first-order valence-corrected chi connectivity index (χ1v) is 5.65. The van der Waals surface area contributed by atoms with Crippen LogP contribution in [0.2, 0.25) is 0 Å². The van der Waals surface area contributed by atoms with Gasteiger partial charge in [-0.1, -0.05) is 18.2 Å². The molecule has 0 atom stereocenters. The van der Waals surface area contributed by atoms with Crippen molar-refractivity contribution in [2.75, 3.05) is 13.2 Å². The Balaban J connectivity index is 2.07. The van der Waals surface area contributed by atoms with E-state index in [1.165, 1.54) is 5.06 Å². The van der Waals surface area contributed by atoms with Crippen molar-refractivity contribution in [3.63, 3.8) is 0 Å². The molecule has 1 amide bonds. The molecule has 1 aromatic carbocycles. The summed E-state index contributed by atoms with van der Waals surface area (Å²) in [6, 6.07) is 9.37. The SMILES string of the molecule is O=C(c1ccnc2ccccc12)N1CCCO1. The average molecular weight is 228 g/mol. The number of rotatable bonds is 1. The fourth-order valence-corrected chi connectivity index (χ4v) is 2.02. The predicted octanol–water partition coefficient (Wildman–Crippen LogP) is 2.01. The van der Waals surface area contributed by atoms with Crippen molar-refractivity contribution >= 4 is 16.8 Å². The largest absolute Gasteiger partial charge is 0.278 e. The Morgan fingerprint density at radius 3 is 3.00 bits per heavy atom. The standard InChI is InChI=1S/C13H12N2O2/c16-13(15-8-3-9-17-15)11-6-7-14-12-5-2-1-4-10(11)12/h1-2,4-7H,3,8-9H2. The molecule has 0 saturated carbocycles. The zero-order valence-corrected chi connectivity index (χ0v) is 9.30. The van der Waals surface area contributed by atoms with Crippen LogP contribution in [0, 0.1) is 0 Å². The number of carbonyl (C=O) groups is 1. The summed E-state index contributed by atoms with van der Waals surface area (Å²) in [7, 11) is 0. The summed E-state index contributed by atoms with van der Waals surface area (Å²) >= 11 is 0. The van der Waals surface area contributed by atoms with Gasteiger partial charge in [0.25, 0.3) is 5.91 Å². The molecule has 2 aromatic rings. The third-order valence-electron chi connectivity index (χ3n) is 2.86. The molecular formula is C13H12N2O2. The summed E-state index contributed by atoms with van der Waals surface area (Å²) in [5, 5.41) is 2.30. The van der Waals surface area contributed by atoms with Crippen molar-refractivity contribution in [2.45, 2.75) is 6.42 Å². The summed E-state index contributed by atoms with van der Waals surface area (Å²) in [5.74, 6) is -0.0823. The lowest BCUT2D eigenvalue weighted by atomic mass is 10.1. The van der Waals surface area contributed by atoms with Crippen molar-refractivity contribution < 1.29 is 9.63 Å². The average Bonchev–Trinajstić information content (AvgIpc) is 2.91. The fraction of sp³-hybridized carbons (Fsp3) is 0.231. The van der Waals surface area contributed by atoms with E-state index in [4.69, 9.17) is 4.84 Å². The summed E-state index contributed by atoms with van der Waals surface area (Å²) < 4.78 is 0. The van der Waals surface area contributed by atoms with Gasteiger partial charge in [-0.15, -0.1) is 0 Å². The second kappa shape index (κ2) is 4.14. The highest BCUT2D eigenvalue weighted by Gasteiger charge is 2.22. The first-order valence-electron chi connectivity index (χ1n) is 5.65. The molecule has 0 bridgehead atoms. The number of hydrogen-bond donors (Lipinski definition) is 0. The highest BCUT2D eigenvalue weighted by molar-refractivity contribution is 6.05. The van der Waals surface area contributed by atoms with Crippen LogP contribution in [-0.4, -0.2) is 29.1 Å². The van der Waals surface area contributed by atoms with E-state index in [2.05, 4.69) is 4.98 Å². The summed E-state index contributed by atoms with van der Waals surface area (Å²) in [6.07, 6.45) is 2.56. The van der Waals surface area contributed by atoms with E-state index in [1.54, 1.807) is 12.3 Å². The summed E-state index contributed by atoms with van der Waals surface area (Å²) in [5.41, 5.74) is 1.48. The molecule has 0 spiro atoms. The molecule has 0 unspecified atom stereocenters.